The van der Waals surface area contributed by atoms with Crippen molar-refractivity contribution in [2.45, 2.75) is 25.8 Å². The monoisotopic (exact) mass is 327 g/mol. The highest BCUT2D eigenvalue weighted by molar-refractivity contribution is 7.13. The van der Waals surface area contributed by atoms with Crippen LogP contribution in [0.4, 0.5) is 0 Å². The van der Waals surface area contributed by atoms with Crippen molar-refractivity contribution in [2.75, 3.05) is 0 Å². The van der Waals surface area contributed by atoms with Gasteiger partial charge in [-0.25, -0.2) is 0 Å². The highest BCUT2D eigenvalue weighted by Crippen LogP contribution is 2.21. The number of nitrogens with one attached hydrogen (secondary N) is 1. The molecule has 1 atom stereocenters. The molecule has 0 aliphatic carbocycles. The van der Waals surface area contributed by atoms with Gasteiger partial charge in [0.25, 0.3) is 0 Å². The number of hydrogen-bond donors (Lipinski definition) is 1. The molecule has 3 rings (SSSR count). The van der Waals surface area contributed by atoms with Gasteiger partial charge in [0.1, 0.15) is 0 Å². The van der Waals surface area contributed by atoms with Crippen LogP contribution in [0.1, 0.15) is 30.8 Å². The smallest absolute Gasteiger partial charge is 0.227 e. The van der Waals surface area contributed by atoms with E-state index in [4.69, 9.17) is 4.52 Å². The Hall–Kier alpha value is -2.47. The Morgan fingerprint density at radius 1 is 1.26 bits per heavy atom. The molecule has 0 bridgehead atoms. The Kier molecular flexibility index (Phi) is 4.83. The van der Waals surface area contributed by atoms with E-state index in [0.29, 0.717) is 24.6 Å². The van der Waals surface area contributed by atoms with Crippen LogP contribution < -0.4 is 5.32 Å². The molecule has 0 fully saturated rings. The van der Waals surface area contributed by atoms with E-state index >= 15 is 0 Å². The maximum absolute atomic E-state index is 12.0. The van der Waals surface area contributed by atoms with Gasteiger partial charge in [0.05, 0.1) is 10.9 Å². The minimum absolute atomic E-state index is 0.0203. The van der Waals surface area contributed by atoms with Gasteiger partial charge in [-0.05, 0) is 23.9 Å². The molecule has 0 saturated heterocycles. The zero-order valence-corrected chi connectivity index (χ0v) is 13.5. The van der Waals surface area contributed by atoms with Crippen LogP contribution in [0.2, 0.25) is 0 Å². The number of carbonyl (C=O) groups is 1. The molecule has 1 amide bonds. The first-order valence-electron chi connectivity index (χ1n) is 7.43. The largest absolute Gasteiger partial charge is 0.350 e. The van der Waals surface area contributed by atoms with Gasteiger partial charge in [0.2, 0.25) is 17.6 Å². The third-order valence-electron chi connectivity index (χ3n) is 3.45. The summed E-state index contributed by atoms with van der Waals surface area (Å²) >= 11 is 1.56. The Bertz CT molecular complexity index is 753. The fourth-order valence-corrected chi connectivity index (χ4v) is 2.87. The van der Waals surface area contributed by atoms with E-state index in [9.17, 15) is 4.79 Å². The molecule has 2 aromatic heterocycles. The first-order valence-corrected chi connectivity index (χ1v) is 8.31. The first-order chi connectivity index (χ1) is 11.2. The summed E-state index contributed by atoms with van der Waals surface area (Å²) in [4.78, 5) is 17.3. The van der Waals surface area contributed by atoms with Crippen LogP contribution in [0.25, 0.3) is 10.7 Å². The van der Waals surface area contributed by atoms with Crippen LogP contribution in [-0.4, -0.2) is 16.0 Å². The number of benzene rings is 1. The van der Waals surface area contributed by atoms with E-state index in [1.165, 1.54) is 0 Å². The van der Waals surface area contributed by atoms with Crippen molar-refractivity contribution in [1.29, 1.82) is 0 Å². The van der Waals surface area contributed by atoms with E-state index in [1.807, 2.05) is 54.8 Å². The lowest BCUT2D eigenvalue weighted by Crippen LogP contribution is -2.26. The number of amides is 1. The van der Waals surface area contributed by atoms with Crippen LogP contribution >= 0.6 is 11.3 Å². The standard InChI is InChI=1S/C17H17N3O2S/c1-12(13-6-3-2-4-7-13)18-15(21)9-10-16-19-17(20-22-16)14-8-5-11-23-14/h2-8,11-12H,9-10H2,1H3,(H,18,21). The Labute approximate surface area is 138 Å². The average molecular weight is 327 g/mol. The number of thiophene rings is 1. The Balaban J connectivity index is 1.51. The fourth-order valence-electron chi connectivity index (χ4n) is 2.22. The molecule has 2 heterocycles. The first kappa shape index (κ1) is 15.4. The third kappa shape index (κ3) is 4.04. The SMILES string of the molecule is CC(NC(=O)CCc1nc(-c2cccs2)no1)c1ccccc1. The molecular weight excluding hydrogens is 310 g/mol. The molecule has 5 nitrogen and oxygen atoms in total. The van der Waals surface area contributed by atoms with Crippen molar-refractivity contribution >= 4 is 17.2 Å². The van der Waals surface area contributed by atoms with Gasteiger partial charge in [-0.2, -0.15) is 4.98 Å². The normalized spacial score (nSPS) is 12.0. The Morgan fingerprint density at radius 3 is 2.83 bits per heavy atom. The van der Waals surface area contributed by atoms with Crippen molar-refractivity contribution in [3.05, 3.63) is 59.3 Å². The lowest BCUT2D eigenvalue weighted by atomic mass is 10.1. The second-order valence-electron chi connectivity index (χ2n) is 5.19. The summed E-state index contributed by atoms with van der Waals surface area (Å²) in [6.45, 7) is 1.97. The third-order valence-corrected chi connectivity index (χ3v) is 4.32. The fraction of sp³-hybridized carbons (Fsp3) is 0.235. The second kappa shape index (κ2) is 7.19. The van der Waals surface area contributed by atoms with Crippen molar-refractivity contribution in [2.24, 2.45) is 0 Å². The molecule has 1 aromatic carbocycles. The minimum atomic E-state index is -0.0303. The van der Waals surface area contributed by atoms with Crippen LogP contribution in [0, 0.1) is 0 Å². The Morgan fingerprint density at radius 2 is 2.09 bits per heavy atom. The van der Waals surface area contributed by atoms with Crippen LogP contribution in [0.5, 0.6) is 0 Å². The lowest BCUT2D eigenvalue weighted by Gasteiger charge is -2.13. The van der Waals surface area contributed by atoms with Gasteiger partial charge in [-0.3, -0.25) is 4.79 Å². The summed E-state index contributed by atoms with van der Waals surface area (Å²) in [7, 11) is 0. The van der Waals surface area contributed by atoms with E-state index in [2.05, 4.69) is 15.5 Å². The van der Waals surface area contributed by atoms with Gasteiger partial charge in [0, 0.05) is 12.8 Å². The van der Waals surface area contributed by atoms with E-state index in [-0.39, 0.29) is 11.9 Å². The van der Waals surface area contributed by atoms with Crippen molar-refractivity contribution in [1.82, 2.24) is 15.5 Å². The molecule has 118 valence electrons. The lowest BCUT2D eigenvalue weighted by molar-refractivity contribution is -0.121. The van der Waals surface area contributed by atoms with Gasteiger partial charge in [-0.15, -0.1) is 11.3 Å². The van der Waals surface area contributed by atoms with E-state index < -0.39 is 0 Å². The summed E-state index contributed by atoms with van der Waals surface area (Å²) in [5.74, 6) is 1.03. The van der Waals surface area contributed by atoms with Crippen LogP contribution in [0.15, 0.2) is 52.4 Å². The topological polar surface area (TPSA) is 68.0 Å². The molecule has 0 aliphatic heterocycles. The summed E-state index contributed by atoms with van der Waals surface area (Å²) in [6, 6.07) is 13.7. The quantitative estimate of drug-likeness (QED) is 0.751. The second-order valence-corrected chi connectivity index (χ2v) is 6.14. The maximum atomic E-state index is 12.0. The van der Waals surface area contributed by atoms with Gasteiger partial charge in [-0.1, -0.05) is 41.6 Å². The number of aryl methyl sites for hydroxylation is 1. The number of carbonyl (C=O) groups excluding carboxylic acids is 1. The van der Waals surface area contributed by atoms with Gasteiger partial charge >= 0.3 is 0 Å². The molecule has 0 radical (unpaired) electrons. The van der Waals surface area contributed by atoms with Crippen molar-refractivity contribution in [3.63, 3.8) is 0 Å². The highest BCUT2D eigenvalue weighted by Gasteiger charge is 2.13. The average Bonchev–Trinajstić information content (AvgIpc) is 3.25. The van der Waals surface area contributed by atoms with E-state index in [1.54, 1.807) is 11.3 Å². The molecule has 6 heteroatoms. The molecule has 0 saturated carbocycles. The number of aromatic nitrogens is 2. The van der Waals surface area contributed by atoms with E-state index in [0.717, 1.165) is 10.4 Å². The molecule has 1 unspecified atom stereocenters. The molecule has 0 spiro atoms. The zero-order chi connectivity index (χ0) is 16.1. The molecule has 1 N–H and O–H groups in total. The summed E-state index contributed by atoms with van der Waals surface area (Å²) < 4.78 is 5.19. The molecular formula is C17H17N3O2S. The summed E-state index contributed by atoms with van der Waals surface area (Å²) in [5.41, 5.74) is 1.08. The zero-order valence-electron chi connectivity index (χ0n) is 12.7. The van der Waals surface area contributed by atoms with Crippen molar-refractivity contribution in [3.8, 4) is 10.7 Å². The summed E-state index contributed by atoms with van der Waals surface area (Å²) in [5, 5.41) is 8.87. The minimum Gasteiger partial charge on any atom is -0.350 e. The number of rotatable bonds is 6. The maximum Gasteiger partial charge on any atom is 0.227 e. The van der Waals surface area contributed by atoms with Crippen LogP contribution in [-0.2, 0) is 11.2 Å². The van der Waals surface area contributed by atoms with Gasteiger partial charge < -0.3 is 9.84 Å². The molecule has 0 aliphatic rings. The molecule has 23 heavy (non-hydrogen) atoms. The molecule has 3 aromatic rings. The predicted octanol–water partition coefficient (Wildman–Crippen LogP) is 3.61. The summed E-state index contributed by atoms with van der Waals surface area (Å²) in [6.07, 6.45) is 0.759. The number of nitrogens with zero attached hydrogens (tertiary/aromatic N) is 2. The highest BCUT2D eigenvalue weighted by atomic mass is 32.1. The number of hydrogen-bond acceptors (Lipinski definition) is 5. The van der Waals surface area contributed by atoms with Crippen molar-refractivity contribution < 1.29 is 9.32 Å². The van der Waals surface area contributed by atoms with Gasteiger partial charge in [0.15, 0.2) is 0 Å². The van der Waals surface area contributed by atoms with Crippen LogP contribution in [0.3, 0.4) is 0 Å². The predicted molar refractivity (Wildman–Crippen MR) is 88.9 cm³/mol.